The quantitative estimate of drug-likeness (QED) is 0.694. The molecule has 138 valence electrons. The van der Waals surface area contributed by atoms with Crippen LogP contribution < -0.4 is 15.4 Å². The highest BCUT2D eigenvalue weighted by Crippen LogP contribution is 2.25. The number of carbonyl (C=O) groups excluding carboxylic acids is 1. The normalized spacial score (nSPS) is 10.3. The predicted molar refractivity (Wildman–Crippen MR) is 101 cm³/mol. The highest BCUT2D eigenvalue weighted by atomic mass is 19.1. The van der Waals surface area contributed by atoms with Crippen molar-refractivity contribution in [2.45, 2.75) is 13.5 Å². The Morgan fingerprint density at radius 2 is 1.96 bits per heavy atom. The van der Waals surface area contributed by atoms with E-state index in [2.05, 4.69) is 20.6 Å². The third-order valence-corrected chi connectivity index (χ3v) is 3.92. The Bertz CT molecular complexity index is 962. The first-order chi connectivity index (χ1) is 13.1. The summed E-state index contributed by atoms with van der Waals surface area (Å²) < 4.78 is 19.0. The second kappa shape index (κ2) is 8.27. The molecule has 1 aromatic heterocycles. The summed E-state index contributed by atoms with van der Waals surface area (Å²) in [7, 11) is 1.54. The third kappa shape index (κ3) is 4.58. The van der Waals surface area contributed by atoms with E-state index in [0.29, 0.717) is 22.8 Å². The van der Waals surface area contributed by atoms with Crippen molar-refractivity contribution in [1.82, 2.24) is 9.97 Å². The van der Waals surface area contributed by atoms with Gasteiger partial charge < -0.3 is 15.4 Å². The Morgan fingerprint density at radius 3 is 2.74 bits per heavy atom. The van der Waals surface area contributed by atoms with Gasteiger partial charge in [0.25, 0.3) is 5.91 Å². The molecular weight excluding hydrogens is 347 g/mol. The molecule has 3 rings (SSSR count). The van der Waals surface area contributed by atoms with Crippen molar-refractivity contribution < 1.29 is 13.9 Å². The molecule has 0 radical (unpaired) electrons. The topological polar surface area (TPSA) is 76.1 Å². The van der Waals surface area contributed by atoms with Gasteiger partial charge in [0, 0.05) is 18.2 Å². The zero-order valence-corrected chi connectivity index (χ0v) is 15.0. The maximum atomic E-state index is 13.7. The van der Waals surface area contributed by atoms with Crippen LogP contribution in [0.3, 0.4) is 0 Å². The fourth-order valence-corrected chi connectivity index (χ4v) is 2.51. The Labute approximate surface area is 156 Å². The van der Waals surface area contributed by atoms with E-state index >= 15 is 0 Å². The zero-order valence-electron chi connectivity index (χ0n) is 15.0. The van der Waals surface area contributed by atoms with Crippen LogP contribution in [0.2, 0.25) is 0 Å². The molecule has 0 bridgehead atoms. The smallest absolute Gasteiger partial charge is 0.274 e. The van der Waals surface area contributed by atoms with E-state index in [1.54, 1.807) is 24.3 Å². The summed E-state index contributed by atoms with van der Waals surface area (Å²) in [6.45, 7) is 2.17. The van der Waals surface area contributed by atoms with Crippen LogP contribution >= 0.6 is 0 Å². The summed E-state index contributed by atoms with van der Waals surface area (Å²) in [5.74, 6) is 0.286. The molecule has 0 fully saturated rings. The average molecular weight is 366 g/mol. The van der Waals surface area contributed by atoms with E-state index in [4.69, 9.17) is 4.74 Å². The number of benzene rings is 2. The van der Waals surface area contributed by atoms with Crippen LogP contribution in [0.25, 0.3) is 0 Å². The van der Waals surface area contributed by atoms with Gasteiger partial charge in [-0.1, -0.05) is 24.3 Å². The number of methoxy groups -OCH3 is 1. The lowest BCUT2D eigenvalue weighted by molar-refractivity contribution is 0.102. The largest absolute Gasteiger partial charge is 0.495 e. The molecule has 2 N–H and O–H groups in total. The minimum atomic E-state index is -0.393. The van der Waals surface area contributed by atoms with E-state index in [-0.39, 0.29) is 18.1 Å². The molecule has 0 unspecified atom stereocenters. The fraction of sp³-hybridized carbons (Fsp3) is 0.150. The first-order valence-corrected chi connectivity index (χ1v) is 8.32. The molecular formula is C20H19FN4O2. The number of hydrogen-bond acceptors (Lipinski definition) is 5. The van der Waals surface area contributed by atoms with Crippen molar-refractivity contribution in [2.24, 2.45) is 0 Å². The molecule has 0 atom stereocenters. The molecule has 0 aliphatic carbocycles. The minimum absolute atomic E-state index is 0.185. The van der Waals surface area contributed by atoms with Gasteiger partial charge in [0.15, 0.2) is 0 Å². The highest BCUT2D eigenvalue weighted by Gasteiger charge is 2.12. The summed E-state index contributed by atoms with van der Waals surface area (Å²) in [6.07, 6.45) is 1.28. The van der Waals surface area contributed by atoms with Gasteiger partial charge in [-0.05, 0) is 30.7 Å². The van der Waals surface area contributed by atoms with Crippen molar-refractivity contribution in [3.05, 3.63) is 77.5 Å². The number of rotatable bonds is 6. The molecule has 1 amide bonds. The highest BCUT2D eigenvalue weighted by molar-refractivity contribution is 6.04. The molecule has 7 heteroatoms. The van der Waals surface area contributed by atoms with Crippen molar-refractivity contribution >= 4 is 17.4 Å². The lowest BCUT2D eigenvalue weighted by atomic mass is 10.2. The van der Waals surface area contributed by atoms with Crippen LogP contribution in [-0.2, 0) is 6.54 Å². The van der Waals surface area contributed by atoms with Crippen molar-refractivity contribution in [1.29, 1.82) is 0 Å². The molecule has 0 aliphatic rings. The van der Waals surface area contributed by atoms with Gasteiger partial charge in [0.2, 0.25) is 0 Å². The number of amides is 1. The number of nitrogens with one attached hydrogen (secondary N) is 2. The lowest BCUT2D eigenvalue weighted by Crippen LogP contribution is -2.15. The van der Waals surface area contributed by atoms with Gasteiger partial charge in [-0.15, -0.1) is 0 Å². The van der Waals surface area contributed by atoms with Crippen molar-refractivity contribution in [3.63, 3.8) is 0 Å². The number of nitrogens with zero attached hydrogens (tertiary/aromatic N) is 2. The first-order valence-electron chi connectivity index (χ1n) is 8.32. The molecule has 6 nitrogen and oxygen atoms in total. The standard InChI is InChI=1S/C20H19FN4O2/c1-13-7-8-18(27-2)16(9-13)25-20(26)17-10-19(24-12-23-17)22-11-14-5-3-4-6-15(14)21/h3-10,12H,11H2,1-2H3,(H,25,26)(H,22,23,24). The van der Waals surface area contributed by atoms with E-state index in [9.17, 15) is 9.18 Å². The predicted octanol–water partition coefficient (Wildman–Crippen LogP) is 3.80. The summed E-state index contributed by atoms with van der Waals surface area (Å²) >= 11 is 0. The SMILES string of the molecule is COc1ccc(C)cc1NC(=O)c1cc(NCc2ccccc2F)ncn1. The average Bonchev–Trinajstić information content (AvgIpc) is 2.68. The second-order valence-corrected chi connectivity index (χ2v) is 5.89. The van der Waals surface area contributed by atoms with Crippen LogP contribution in [0, 0.1) is 12.7 Å². The summed E-state index contributed by atoms with van der Waals surface area (Å²) in [5.41, 5.74) is 2.24. The Morgan fingerprint density at radius 1 is 1.15 bits per heavy atom. The number of anilines is 2. The maximum absolute atomic E-state index is 13.7. The molecule has 0 spiro atoms. The number of carbonyl (C=O) groups is 1. The molecule has 3 aromatic rings. The zero-order chi connectivity index (χ0) is 19.2. The number of aryl methyl sites for hydroxylation is 1. The van der Waals surface area contributed by atoms with Crippen molar-refractivity contribution in [2.75, 3.05) is 17.7 Å². The van der Waals surface area contributed by atoms with Gasteiger partial charge in [-0.25, -0.2) is 14.4 Å². The van der Waals surface area contributed by atoms with Gasteiger partial charge in [0.1, 0.15) is 29.4 Å². The van der Waals surface area contributed by atoms with Crippen molar-refractivity contribution in [3.8, 4) is 5.75 Å². The first kappa shape index (κ1) is 18.3. The lowest BCUT2D eigenvalue weighted by Gasteiger charge is -2.11. The van der Waals surface area contributed by atoms with E-state index in [0.717, 1.165) is 5.56 Å². The molecule has 2 aromatic carbocycles. The number of aromatic nitrogens is 2. The van der Waals surface area contributed by atoms with Crippen LogP contribution in [0.15, 0.2) is 54.9 Å². The third-order valence-electron chi connectivity index (χ3n) is 3.92. The number of ether oxygens (including phenoxy) is 1. The molecule has 1 heterocycles. The minimum Gasteiger partial charge on any atom is -0.495 e. The van der Waals surface area contributed by atoms with Crippen LogP contribution in [0.5, 0.6) is 5.75 Å². The van der Waals surface area contributed by atoms with Crippen LogP contribution in [0.1, 0.15) is 21.6 Å². The Kier molecular flexibility index (Phi) is 5.61. The summed E-state index contributed by atoms with van der Waals surface area (Å²) in [4.78, 5) is 20.6. The molecule has 0 aliphatic heterocycles. The van der Waals surface area contributed by atoms with Gasteiger partial charge in [-0.3, -0.25) is 4.79 Å². The number of halogens is 1. The second-order valence-electron chi connectivity index (χ2n) is 5.89. The summed E-state index contributed by atoms with van der Waals surface area (Å²) in [5, 5.41) is 5.78. The van der Waals surface area contributed by atoms with Gasteiger partial charge in [0.05, 0.1) is 12.8 Å². The van der Waals surface area contributed by atoms with Gasteiger partial charge in [-0.2, -0.15) is 0 Å². The monoisotopic (exact) mass is 366 g/mol. The van der Waals surface area contributed by atoms with E-state index < -0.39 is 5.91 Å². The molecule has 0 saturated carbocycles. The number of hydrogen-bond donors (Lipinski definition) is 2. The van der Waals surface area contributed by atoms with Crippen LogP contribution in [-0.4, -0.2) is 23.0 Å². The summed E-state index contributed by atoms with van der Waals surface area (Å²) in [6, 6.07) is 13.5. The van der Waals surface area contributed by atoms with Gasteiger partial charge >= 0.3 is 0 Å². The van der Waals surface area contributed by atoms with Crippen LogP contribution in [0.4, 0.5) is 15.9 Å². The van der Waals surface area contributed by atoms with E-state index in [1.165, 1.54) is 25.6 Å². The Hall–Kier alpha value is -3.48. The van der Waals surface area contributed by atoms with E-state index in [1.807, 2.05) is 19.1 Å². The fourth-order valence-electron chi connectivity index (χ4n) is 2.51. The molecule has 0 saturated heterocycles. The maximum Gasteiger partial charge on any atom is 0.274 e. The Balaban J connectivity index is 1.72. The molecule has 27 heavy (non-hydrogen) atoms.